The van der Waals surface area contributed by atoms with Gasteiger partial charge in [0.2, 0.25) is 5.79 Å². The molecule has 3 rings (SSSR count). The summed E-state index contributed by atoms with van der Waals surface area (Å²) >= 11 is 0. The predicted molar refractivity (Wildman–Crippen MR) is 75.4 cm³/mol. The van der Waals surface area contributed by atoms with Crippen molar-refractivity contribution in [3.05, 3.63) is 0 Å². The molecule has 0 radical (unpaired) electrons. The summed E-state index contributed by atoms with van der Waals surface area (Å²) < 4.78 is 39.6. The average molecular weight is 332 g/mol. The topological polar surface area (TPSA) is 81.7 Å². The minimum atomic E-state index is -1.21. The van der Waals surface area contributed by atoms with E-state index >= 15 is 0 Å². The average Bonchev–Trinajstić information content (AvgIpc) is 2.90. The largest absolute Gasteiger partial charge is 0.452 e. The smallest absolute Gasteiger partial charge is 0.332 e. The zero-order valence-electron chi connectivity index (χ0n) is 14.1. The monoisotopic (exact) mass is 332 g/mol. The summed E-state index contributed by atoms with van der Waals surface area (Å²) in [7, 11) is 1.42. The molecule has 3 saturated heterocycles. The highest BCUT2D eigenvalue weighted by atomic mass is 16.9. The fourth-order valence-corrected chi connectivity index (χ4v) is 3.22. The number of hydrogen-bond donors (Lipinski definition) is 0. The minimum absolute atomic E-state index is 0.137. The lowest BCUT2D eigenvalue weighted by atomic mass is 9.97. The van der Waals surface area contributed by atoms with E-state index in [0.29, 0.717) is 0 Å². The molecule has 1 spiro atoms. The van der Waals surface area contributed by atoms with Crippen LogP contribution in [0.4, 0.5) is 0 Å². The third-order valence-electron chi connectivity index (χ3n) is 4.01. The number of methoxy groups -OCH3 is 1. The summed E-state index contributed by atoms with van der Waals surface area (Å²) in [6, 6.07) is 0. The van der Waals surface area contributed by atoms with E-state index in [2.05, 4.69) is 0 Å². The van der Waals surface area contributed by atoms with Crippen LogP contribution in [0.15, 0.2) is 0 Å². The van der Waals surface area contributed by atoms with Crippen molar-refractivity contribution < 1.29 is 38.0 Å². The maximum Gasteiger partial charge on any atom is 0.332 e. The van der Waals surface area contributed by atoms with Gasteiger partial charge in [0, 0.05) is 7.11 Å². The Morgan fingerprint density at radius 3 is 2.48 bits per heavy atom. The second-order valence-corrected chi connectivity index (χ2v) is 6.90. The summed E-state index contributed by atoms with van der Waals surface area (Å²) in [6.45, 7) is 7.41. The van der Waals surface area contributed by atoms with E-state index in [-0.39, 0.29) is 25.9 Å². The summed E-state index contributed by atoms with van der Waals surface area (Å²) in [5.74, 6) is -3.36. The van der Waals surface area contributed by atoms with Crippen molar-refractivity contribution in [2.24, 2.45) is 0 Å². The fraction of sp³-hybridized carbons (Fsp3) is 0.933. The first-order valence-corrected chi connectivity index (χ1v) is 7.69. The highest BCUT2D eigenvalue weighted by Crippen LogP contribution is 2.45. The van der Waals surface area contributed by atoms with Gasteiger partial charge in [0.05, 0.1) is 6.61 Å². The van der Waals surface area contributed by atoms with Gasteiger partial charge >= 0.3 is 5.97 Å². The van der Waals surface area contributed by atoms with Crippen LogP contribution in [-0.4, -0.2) is 68.6 Å². The van der Waals surface area contributed by atoms with E-state index < -0.39 is 35.5 Å². The molecule has 3 fully saturated rings. The molecule has 8 nitrogen and oxygen atoms in total. The van der Waals surface area contributed by atoms with Crippen LogP contribution < -0.4 is 0 Å². The summed E-state index contributed by atoms with van der Waals surface area (Å²) in [5, 5.41) is 0. The van der Waals surface area contributed by atoms with Crippen LogP contribution in [0.2, 0.25) is 0 Å². The number of carbonyl (C=O) groups is 1. The van der Waals surface area contributed by atoms with E-state index in [1.165, 1.54) is 7.11 Å². The first-order valence-electron chi connectivity index (χ1n) is 7.69. The van der Waals surface area contributed by atoms with Gasteiger partial charge in [-0.15, -0.1) is 0 Å². The third kappa shape index (κ3) is 3.24. The van der Waals surface area contributed by atoms with Crippen LogP contribution >= 0.6 is 0 Å². The highest BCUT2D eigenvalue weighted by Gasteiger charge is 2.64. The van der Waals surface area contributed by atoms with Gasteiger partial charge < -0.3 is 33.2 Å². The van der Waals surface area contributed by atoms with Gasteiger partial charge in [-0.05, 0) is 27.7 Å². The van der Waals surface area contributed by atoms with Gasteiger partial charge in [-0.1, -0.05) is 0 Å². The molecule has 3 aliphatic rings. The molecule has 0 N–H and O–H groups in total. The lowest BCUT2D eigenvalue weighted by Crippen LogP contribution is -2.63. The van der Waals surface area contributed by atoms with E-state index in [1.807, 2.05) is 13.8 Å². The SMILES string of the molecule is COCC(=O)O[C@H]1[C@@H]2OC(C)(C)O[C@@H]2CO[C@]12COC(C)(C)O2. The molecular weight excluding hydrogens is 308 g/mol. The van der Waals surface area contributed by atoms with Gasteiger partial charge in [-0.3, -0.25) is 0 Å². The zero-order chi connectivity index (χ0) is 16.9. The van der Waals surface area contributed by atoms with Gasteiger partial charge in [0.25, 0.3) is 0 Å². The molecule has 0 aromatic heterocycles. The van der Waals surface area contributed by atoms with Gasteiger partial charge in [-0.2, -0.15) is 0 Å². The molecule has 4 atom stereocenters. The highest BCUT2D eigenvalue weighted by molar-refractivity contribution is 5.71. The molecule has 132 valence electrons. The van der Waals surface area contributed by atoms with Crippen LogP contribution in [0.25, 0.3) is 0 Å². The molecule has 0 amide bonds. The standard InChI is InChI=1S/C15H24O8/c1-13(2)19-8-15(23-13)12(20-10(16)7-17-5)11-9(6-18-15)21-14(3,4)22-11/h9,11-12H,6-8H2,1-5H3/t9-,11-,12+,15+/m1/s1. The van der Waals surface area contributed by atoms with E-state index in [1.54, 1.807) is 13.8 Å². The number of carbonyl (C=O) groups excluding carboxylic acids is 1. The molecule has 0 saturated carbocycles. The Labute approximate surface area is 135 Å². The number of ether oxygens (including phenoxy) is 7. The predicted octanol–water partition coefficient (Wildman–Crippen LogP) is 0.574. The quantitative estimate of drug-likeness (QED) is 0.694. The van der Waals surface area contributed by atoms with E-state index in [9.17, 15) is 4.79 Å². The molecule has 8 heteroatoms. The number of hydrogen-bond acceptors (Lipinski definition) is 8. The van der Waals surface area contributed by atoms with E-state index in [4.69, 9.17) is 33.2 Å². The van der Waals surface area contributed by atoms with Crippen molar-refractivity contribution in [3.63, 3.8) is 0 Å². The Balaban J connectivity index is 1.86. The van der Waals surface area contributed by atoms with Crippen molar-refractivity contribution in [1.82, 2.24) is 0 Å². The second kappa shape index (κ2) is 5.65. The summed E-state index contributed by atoms with van der Waals surface area (Å²) in [5.41, 5.74) is 0. The lowest BCUT2D eigenvalue weighted by Gasteiger charge is -2.43. The molecule has 3 heterocycles. The first kappa shape index (κ1) is 17.1. The van der Waals surface area contributed by atoms with E-state index in [0.717, 1.165) is 0 Å². The van der Waals surface area contributed by atoms with Crippen molar-refractivity contribution in [1.29, 1.82) is 0 Å². The van der Waals surface area contributed by atoms with Crippen molar-refractivity contribution in [2.75, 3.05) is 26.9 Å². The summed E-state index contributed by atoms with van der Waals surface area (Å²) in [4.78, 5) is 12.0. The molecule has 0 aromatic carbocycles. The first-order chi connectivity index (χ1) is 10.7. The Kier molecular flexibility index (Phi) is 4.19. The van der Waals surface area contributed by atoms with Crippen molar-refractivity contribution >= 4 is 5.97 Å². The van der Waals surface area contributed by atoms with Crippen molar-refractivity contribution in [3.8, 4) is 0 Å². The van der Waals surface area contributed by atoms with Gasteiger partial charge in [0.15, 0.2) is 17.7 Å². The fourth-order valence-electron chi connectivity index (χ4n) is 3.22. The van der Waals surface area contributed by atoms with Gasteiger partial charge in [0.1, 0.15) is 25.4 Å². The van der Waals surface area contributed by atoms with Crippen LogP contribution in [0.1, 0.15) is 27.7 Å². The van der Waals surface area contributed by atoms with Crippen LogP contribution in [-0.2, 0) is 38.0 Å². The third-order valence-corrected chi connectivity index (χ3v) is 4.01. The van der Waals surface area contributed by atoms with Gasteiger partial charge in [-0.25, -0.2) is 4.79 Å². The maximum absolute atomic E-state index is 12.0. The summed E-state index contributed by atoms with van der Waals surface area (Å²) in [6.07, 6.45) is -1.66. The van der Waals surface area contributed by atoms with Crippen LogP contribution in [0.5, 0.6) is 0 Å². The lowest BCUT2D eigenvalue weighted by molar-refractivity contribution is -0.328. The molecule has 0 aliphatic carbocycles. The minimum Gasteiger partial charge on any atom is -0.452 e. The Morgan fingerprint density at radius 1 is 1.13 bits per heavy atom. The molecular formula is C15H24O8. The molecule has 0 aromatic rings. The molecule has 3 aliphatic heterocycles. The Bertz CT molecular complexity index is 474. The van der Waals surface area contributed by atoms with Crippen LogP contribution in [0.3, 0.4) is 0 Å². The molecule has 0 bridgehead atoms. The number of rotatable bonds is 3. The van der Waals surface area contributed by atoms with Crippen molar-refractivity contribution in [2.45, 2.75) is 63.4 Å². The normalized spacial score (nSPS) is 41.0. The second-order valence-electron chi connectivity index (χ2n) is 6.90. The molecule has 23 heavy (non-hydrogen) atoms. The maximum atomic E-state index is 12.0. The zero-order valence-corrected chi connectivity index (χ0v) is 14.1. The number of fused-ring (bicyclic) bond motifs is 1. The number of esters is 1. The van der Waals surface area contributed by atoms with Crippen LogP contribution in [0, 0.1) is 0 Å². The Hall–Kier alpha value is -0.770. The Morgan fingerprint density at radius 2 is 1.87 bits per heavy atom. The molecule has 0 unspecified atom stereocenters.